The van der Waals surface area contributed by atoms with Gasteiger partial charge in [0.25, 0.3) is 0 Å². The highest BCUT2D eigenvalue weighted by Crippen LogP contribution is 2.46. The number of aryl methyl sites for hydroxylation is 1. The standard InChI is InChI=1S/C20H20N2O3/c1-12-6-5-7-13(10-12)21-18(23)17-15-11-20(2,22-19(17)24)25-16-9-4-3-8-14(15)16/h3-10,15,17H,11H2,1-2H3,(H,21,23)(H,22,24)/t15-,17+,20-/m1/s1. The Kier molecular flexibility index (Phi) is 3.53. The predicted octanol–water partition coefficient (Wildman–Crippen LogP) is 2.96. The molecule has 2 aromatic rings. The van der Waals surface area contributed by atoms with Crippen LogP contribution in [0.4, 0.5) is 5.69 Å². The number of ether oxygens (including phenoxy) is 1. The van der Waals surface area contributed by atoms with E-state index in [1.165, 1.54) is 0 Å². The topological polar surface area (TPSA) is 67.4 Å². The van der Waals surface area contributed by atoms with Gasteiger partial charge in [0.05, 0.1) is 0 Å². The lowest BCUT2D eigenvalue weighted by Crippen LogP contribution is -2.62. The van der Waals surface area contributed by atoms with Crippen molar-refractivity contribution >= 4 is 17.5 Å². The molecule has 1 saturated heterocycles. The number of rotatable bonds is 2. The Bertz CT molecular complexity index is 864. The van der Waals surface area contributed by atoms with E-state index < -0.39 is 11.6 Å². The Morgan fingerprint density at radius 3 is 2.84 bits per heavy atom. The van der Waals surface area contributed by atoms with Gasteiger partial charge in [-0.3, -0.25) is 9.59 Å². The van der Waals surface area contributed by atoms with E-state index in [1.807, 2.05) is 62.4 Å². The lowest BCUT2D eigenvalue weighted by atomic mass is 9.74. The van der Waals surface area contributed by atoms with Gasteiger partial charge in [0, 0.05) is 18.0 Å². The number of hydrogen-bond donors (Lipinski definition) is 2. The number of carbonyl (C=O) groups is 2. The summed E-state index contributed by atoms with van der Waals surface area (Å²) in [6.45, 7) is 3.81. The summed E-state index contributed by atoms with van der Waals surface area (Å²) in [6.07, 6.45) is 0.571. The molecule has 5 nitrogen and oxygen atoms in total. The summed E-state index contributed by atoms with van der Waals surface area (Å²) >= 11 is 0. The van der Waals surface area contributed by atoms with Crippen molar-refractivity contribution in [2.24, 2.45) is 5.92 Å². The summed E-state index contributed by atoms with van der Waals surface area (Å²) in [4.78, 5) is 25.6. The maximum Gasteiger partial charge on any atom is 0.237 e. The highest BCUT2D eigenvalue weighted by Gasteiger charge is 2.51. The predicted molar refractivity (Wildman–Crippen MR) is 94.3 cm³/mol. The monoisotopic (exact) mass is 336 g/mol. The van der Waals surface area contributed by atoms with Crippen molar-refractivity contribution in [3.63, 3.8) is 0 Å². The Balaban J connectivity index is 1.67. The molecule has 0 aliphatic carbocycles. The minimum absolute atomic E-state index is 0.200. The van der Waals surface area contributed by atoms with Crippen LogP contribution in [0.2, 0.25) is 0 Å². The third kappa shape index (κ3) is 2.76. The zero-order valence-electron chi connectivity index (χ0n) is 14.2. The summed E-state index contributed by atoms with van der Waals surface area (Å²) in [5, 5.41) is 5.76. The molecule has 3 atom stereocenters. The Hall–Kier alpha value is -2.82. The third-order valence-electron chi connectivity index (χ3n) is 4.90. The molecule has 2 amide bonds. The molecule has 0 aromatic heterocycles. The van der Waals surface area contributed by atoms with Crippen molar-refractivity contribution in [1.29, 1.82) is 0 Å². The second kappa shape index (κ2) is 5.62. The van der Waals surface area contributed by atoms with Crippen LogP contribution >= 0.6 is 0 Å². The van der Waals surface area contributed by atoms with E-state index in [0.29, 0.717) is 12.1 Å². The van der Waals surface area contributed by atoms with Crippen LogP contribution in [0.5, 0.6) is 5.75 Å². The van der Waals surface area contributed by atoms with E-state index in [9.17, 15) is 9.59 Å². The number of carbonyl (C=O) groups excluding carboxylic acids is 2. The summed E-state index contributed by atoms with van der Waals surface area (Å²) in [5.41, 5.74) is 1.90. The second-order valence-corrected chi connectivity index (χ2v) is 7.01. The van der Waals surface area contributed by atoms with Gasteiger partial charge in [-0.25, -0.2) is 0 Å². The van der Waals surface area contributed by atoms with E-state index in [4.69, 9.17) is 4.74 Å². The molecule has 25 heavy (non-hydrogen) atoms. The minimum atomic E-state index is -0.779. The minimum Gasteiger partial charge on any atom is -0.468 e. The molecule has 0 spiro atoms. The van der Waals surface area contributed by atoms with Gasteiger partial charge in [0.15, 0.2) is 5.72 Å². The van der Waals surface area contributed by atoms with Gasteiger partial charge in [0.1, 0.15) is 11.7 Å². The van der Waals surface area contributed by atoms with E-state index in [0.717, 1.165) is 16.9 Å². The zero-order valence-corrected chi connectivity index (χ0v) is 14.2. The van der Waals surface area contributed by atoms with Crippen molar-refractivity contribution in [1.82, 2.24) is 5.32 Å². The largest absolute Gasteiger partial charge is 0.468 e. The maximum atomic E-state index is 12.9. The van der Waals surface area contributed by atoms with Crippen LogP contribution < -0.4 is 15.4 Å². The molecule has 2 heterocycles. The van der Waals surface area contributed by atoms with Crippen LogP contribution in [0, 0.1) is 12.8 Å². The first-order chi connectivity index (χ1) is 12.0. The van der Waals surface area contributed by atoms with E-state index in [-0.39, 0.29) is 17.7 Å². The van der Waals surface area contributed by atoms with Crippen LogP contribution in [-0.4, -0.2) is 17.5 Å². The van der Waals surface area contributed by atoms with E-state index in [2.05, 4.69) is 10.6 Å². The molecule has 0 radical (unpaired) electrons. The van der Waals surface area contributed by atoms with Gasteiger partial charge in [0.2, 0.25) is 11.8 Å². The Labute approximate surface area is 146 Å². The average molecular weight is 336 g/mol. The normalized spacial score (nSPS) is 26.9. The summed E-state index contributed by atoms with van der Waals surface area (Å²) in [5.74, 6) is -0.827. The lowest BCUT2D eigenvalue weighted by molar-refractivity contribution is -0.145. The molecule has 2 aliphatic heterocycles. The highest BCUT2D eigenvalue weighted by molar-refractivity contribution is 6.08. The quantitative estimate of drug-likeness (QED) is 0.829. The number of fused-ring (bicyclic) bond motifs is 4. The smallest absolute Gasteiger partial charge is 0.237 e. The van der Waals surface area contributed by atoms with Crippen molar-refractivity contribution in [2.75, 3.05) is 5.32 Å². The van der Waals surface area contributed by atoms with Gasteiger partial charge in [-0.2, -0.15) is 0 Å². The first-order valence-corrected chi connectivity index (χ1v) is 8.43. The zero-order chi connectivity index (χ0) is 17.6. The first-order valence-electron chi connectivity index (χ1n) is 8.43. The fraction of sp³-hybridized carbons (Fsp3) is 0.300. The van der Waals surface area contributed by atoms with E-state index >= 15 is 0 Å². The van der Waals surface area contributed by atoms with Crippen molar-refractivity contribution in [3.8, 4) is 5.75 Å². The molecule has 2 aromatic carbocycles. The summed E-state index contributed by atoms with van der Waals surface area (Å²) in [6, 6.07) is 15.2. The van der Waals surface area contributed by atoms with Gasteiger partial charge in [-0.1, -0.05) is 30.3 Å². The summed E-state index contributed by atoms with van der Waals surface area (Å²) < 4.78 is 5.96. The highest BCUT2D eigenvalue weighted by atomic mass is 16.5. The van der Waals surface area contributed by atoms with Gasteiger partial charge < -0.3 is 15.4 Å². The summed E-state index contributed by atoms with van der Waals surface area (Å²) in [7, 11) is 0. The van der Waals surface area contributed by atoms with Crippen LogP contribution in [0.1, 0.15) is 30.4 Å². The number of hydrogen-bond acceptors (Lipinski definition) is 3. The van der Waals surface area contributed by atoms with Crippen LogP contribution in [0.25, 0.3) is 0 Å². The SMILES string of the molecule is Cc1cccc(NC(=O)[C@H]2C(=O)N[C@@]3(C)C[C@@H]2c2ccccc2O3)c1. The first kappa shape index (κ1) is 15.7. The molecule has 128 valence electrons. The number of benzene rings is 2. The molecule has 4 rings (SSSR count). The number of amides is 2. The molecule has 0 saturated carbocycles. The Morgan fingerprint density at radius 2 is 2.04 bits per heavy atom. The number of para-hydroxylation sites is 1. The van der Waals surface area contributed by atoms with Gasteiger partial charge >= 0.3 is 0 Å². The second-order valence-electron chi connectivity index (χ2n) is 7.01. The van der Waals surface area contributed by atoms with Gasteiger partial charge in [-0.15, -0.1) is 0 Å². The fourth-order valence-corrected chi connectivity index (χ4v) is 3.83. The molecule has 5 heteroatoms. The Morgan fingerprint density at radius 1 is 1.24 bits per heavy atom. The fourth-order valence-electron chi connectivity index (χ4n) is 3.83. The molecule has 1 fully saturated rings. The third-order valence-corrected chi connectivity index (χ3v) is 4.90. The molecule has 2 bridgehead atoms. The van der Waals surface area contributed by atoms with Crippen LogP contribution in [0.15, 0.2) is 48.5 Å². The number of nitrogens with one attached hydrogen (secondary N) is 2. The van der Waals surface area contributed by atoms with E-state index in [1.54, 1.807) is 0 Å². The molecule has 0 unspecified atom stereocenters. The number of anilines is 1. The van der Waals surface area contributed by atoms with Crippen LogP contribution in [-0.2, 0) is 9.59 Å². The molecule has 2 N–H and O–H groups in total. The van der Waals surface area contributed by atoms with Crippen molar-refractivity contribution in [3.05, 3.63) is 59.7 Å². The van der Waals surface area contributed by atoms with Crippen LogP contribution in [0.3, 0.4) is 0 Å². The van der Waals surface area contributed by atoms with Gasteiger partial charge in [-0.05, 0) is 43.2 Å². The maximum absolute atomic E-state index is 12.9. The average Bonchev–Trinajstić information content (AvgIpc) is 2.53. The number of piperidine rings is 1. The molecular formula is C20H20N2O3. The van der Waals surface area contributed by atoms with Crippen molar-refractivity contribution < 1.29 is 14.3 Å². The molecule has 2 aliphatic rings. The van der Waals surface area contributed by atoms with Crippen molar-refractivity contribution in [2.45, 2.75) is 31.9 Å². The lowest BCUT2D eigenvalue weighted by Gasteiger charge is -2.46. The molecular weight excluding hydrogens is 316 g/mol.